The van der Waals surface area contributed by atoms with Gasteiger partial charge in [-0.05, 0) is 6.42 Å². The quantitative estimate of drug-likeness (QED) is 0.566. The topological polar surface area (TPSA) is 32.3 Å². The number of rotatable bonds is 3. The van der Waals surface area contributed by atoms with E-state index in [1.807, 2.05) is 6.08 Å². The molecule has 1 aliphatic heterocycles. The molecule has 0 aromatic carbocycles. The molecule has 58 valence electrons. The first-order valence-electron chi connectivity index (χ1n) is 3.88. The van der Waals surface area contributed by atoms with Crippen LogP contribution in [0.2, 0.25) is 0 Å². The highest BCUT2D eigenvalue weighted by molar-refractivity contribution is 5.09. The fourth-order valence-electron chi connectivity index (χ4n) is 0.968. The van der Waals surface area contributed by atoms with E-state index in [0.29, 0.717) is 13.1 Å². The summed E-state index contributed by atoms with van der Waals surface area (Å²) < 4.78 is 0. The molecule has 0 aliphatic carbocycles. The average molecular weight is 141 g/mol. The van der Waals surface area contributed by atoms with Crippen LogP contribution in [0.4, 0.5) is 0 Å². The predicted octanol–water partition coefficient (Wildman–Crippen LogP) is 0.677. The molecule has 0 aromatic heterocycles. The minimum atomic E-state index is -0.519. The summed E-state index contributed by atoms with van der Waals surface area (Å²) in [6.45, 7) is 3.56. The molecule has 1 heterocycles. The van der Waals surface area contributed by atoms with Crippen LogP contribution in [0.25, 0.3) is 0 Å². The minimum Gasteiger partial charge on any atom is -0.383 e. The molecule has 10 heavy (non-hydrogen) atoms. The maximum Gasteiger partial charge on any atom is 0.107 e. The molecular weight excluding hydrogens is 126 g/mol. The summed E-state index contributed by atoms with van der Waals surface area (Å²) in [5.74, 6) is 0. The van der Waals surface area contributed by atoms with Crippen LogP contribution in [-0.2, 0) is 0 Å². The molecule has 2 nitrogen and oxygen atoms in total. The first kappa shape index (κ1) is 7.76. The zero-order valence-corrected chi connectivity index (χ0v) is 6.43. The molecular formula is C8H15NO. The highest BCUT2D eigenvalue weighted by atomic mass is 16.3. The molecule has 1 rings (SSSR count). The van der Waals surface area contributed by atoms with Crippen molar-refractivity contribution >= 4 is 0 Å². The normalized spacial score (nSPS) is 23.0. The van der Waals surface area contributed by atoms with E-state index in [1.54, 1.807) is 0 Å². The molecule has 1 saturated heterocycles. The maximum absolute atomic E-state index is 9.49. The van der Waals surface area contributed by atoms with Crippen molar-refractivity contribution in [2.45, 2.75) is 25.4 Å². The van der Waals surface area contributed by atoms with Gasteiger partial charge in [-0.2, -0.15) is 0 Å². The van der Waals surface area contributed by atoms with E-state index in [0.717, 1.165) is 12.8 Å². The molecule has 0 bridgehead atoms. The Balaban J connectivity index is 2.22. The lowest BCUT2D eigenvalue weighted by molar-refractivity contribution is 0.0373. The minimum absolute atomic E-state index is 0.519. The fourth-order valence-corrected chi connectivity index (χ4v) is 0.968. The Hall–Kier alpha value is -0.340. The maximum atomic E-state index is 9.49. The summed E-state index contributed by atoms with van der Waals surface area (Å²) in [6, 6.07) is 0. The second kappa shape index (κ2) is 3.17. The van der Waals surface area contributed by atoms with Gasteiger partial charge in [-0.15, -0.1) is 0 Å². The molecule has 0 spiro atoms. The molecule has 0 radical (unpaired) electrons. The highest BCUT2D eigenvalue weighted by Gasteiger charge is 2.30. The van der Waals surface area contributed by atoms with Crippen LogP contribution in [0.3, 0.4) is 0 Å². The van der Waals surface area contributed by atoms with Crippen molar-refractivity contribution in [2.24, 2.45) is 0 Å². The monoisotopic (exact) mass is 141 g/mol. The van der Waals surface area contributed by atoms with Crippen LogP contribution >= 0.6 is 0 Å². The Morgan fingerprint density at radius 1 is 1.60 bits per heavy atom. The van der Waals surface area contributed by atoms with Crippen molar-refractivity contribution in [1.29, 1.82) is 0 Å². The van der Waals surface area contributed by atoms with E-state index >= 15 is 0 Å². The first-order valence-corrected chi connectivity index (χ1v) is 3.88. The summed E-state index contributed by atoms with van der Waals surface area (Å²) in [5, 5.41) is 12.5. The molecule has 2 N–H and O–H groups in total. The zero-order chi connectivity index (χ0) is 7.45. The largest absolute Gasteiger partial charge is 0.383 e. The average Bonchev–Trinajstić information content (AvgIpc) is 1.85. The number of β-amino-alcohol motifs (C(OH)–C–C–N with tert-alkyl or cyclic N) is 1. The van der Waals surface area contributed by atoms with E-state index in [-0.39, 0.29) is 0 Å². The van der Waals surface area contributed by atoms with Crippen LogP contribution in [0.5, 0.6) is 0 Å². The molecule has 0 unspecified atom stereocenters. The van der Waals surface area contributed by atoms with Gasteiger partial charge in [0.1, 0.15) is 5.60 Å². The summed E-state index contributed by atoms with van der Waals surface area (Å²) in [7, 11) is 0. The summed E-state index contributed by atoms with van der Waals surface area (Å²) in [4.78, 5) is 0. The van der Waals surface area contributed by atoms with Crippen LogP contribution in [0, 0.1) is 0 Å². The number of unbranched alkanes of at least 4 members (excludes halogenated alkanes) is 1. The lowest BCUT2D eigenvalue weighted by atomic mass is 9.96. The highest BCUT2D eigenvalue weighted by Crippen LogP contribution is 2.12. The van der Waals surface area contributed by atoms with Gasteiger partial charge in [0.25, 0.3) is 0 Å². The van der Waals surface area contributed by atoms with Crippen molar-refractivity contribution in [3.8, 4) is 0 Å². The molecule has 0 amide bonds. The molecule has 2 heteroatoms. The van der Waals surface area contributed by atoms with E-state index < -0.39 is 5.60 Å². The SMILES string of the molecule is CCC/C=C/C1(O)CNC1. The lowest BCUT2D eigenvalue weighted by Crippen LogP contribution is -2.58. The van der Waals surface area contributed by atoms with Crippen LogP contribution in [-0.4, -0.2) is 23.8 Å². The van der Waals surface area contributed by atoms with E-state index in [2.05, 4.69) is 18.3 Å². The number of hydrogen-bond acceptors (Lipinski definition) is 2. The van der Waals surface area contributed by atoms with Gasteiger partial charge in [-0.1, -0.05) is 25.5 Å². The van der Waals surface area contributed by atoms with Crippen molar-refractivity contribution in [3.63, 3.8) is 0 Å². The molecule has 0 saturated carbocycles. The van der Waals surface area contributed by atoms with Gasteiger partial charge in [0.2, 0.25) is 0 Å². The Kier molecular flexibility index (Phi) is 2.46. The van der Waals surface area contributed by atoms with Crippen LogP contribution in [0.15, 0.2) is 12.2 Å². The van der Waals surface area contributed by atoms with Crippen LogP contribution < -0.4 is 5.32 Å². The van der Waals surface area contributed by atoms with E-state index in [9.17, 15) is 5.11 Å². The summed E-state index contributed by atoms with van der Waals surface area (Å²) >= 11 is 0. The van der Waals surface area contributed by atoms with Gasteiger partial charge >= 0.3 is 0 Å². The van der Waals surface area contributed by atoms with Crippen molar-refractivity contribution in [2.75, 3.05) is 13.1 Å². The third-order valence-electron chi connectivity index (χ3n) is 1.75. The molecule has 1 aliphatic rings. The smallest absolute Gasteiger partial charge is 0.107 e. The van der Waals surface area contributed by atoms with Crippen molar-refractivity contribution in [1.82, 2.24) is 5.32 Å². The first-order chi connectivity index (χ1) is 4.77. The molecule has 0 aromatic rings. The van der Waals surface area contributed by atoms with Gasteiger partial charge in [-0.3, -0.25) is 0 Å². The predicted molar refractivity (Wildman–Crippen MR) is 41.9 cm³/mol. The number of aliphatic hydroxyl groups is 1. The number of nitrogens with one attached hydrogen (secondary N) is 1. The third kappa shape index (κ3) is 1.82. The second-order valence-electron chi connectivity index (χ2n) is 2.90. The third-order valence-corrected chi connectivity index (χ3v) is 1.75. The van der Waals surface area contributed by atoms with Gasteiger partial charge in [0, 0.05) is 13.1 Å². The van der Waals surface area contributed by atoms with Gasteiger partial charge < -0.3 is 10.4 Å². The van der Waals surface area contributed by atoms with E-state index in [4.69, 9.17) is 0 Å². The van der Waals surface area contributed by atoms with Gasteiger partial charge in [-0.25, -0.2) is 0 Å². The Bertz CT molecular complexity index is 127. The Labute approximate surface area is 61.9 Å². The second-order valence-corrected chi connectivity index (χ2v) is 2.90. The Morgan fingerprint density at radius 2 is 2.30 bits per heavy atom. The number of allylic oxidation sites excluding steroid dienone is 1. The van der Waals surface area contributed by atoms with Gasteiger partial charge in [0.05, 0.1) is 0 Å². The lowest BCUT2D eigenvalue weighted by Gasteiger charge is -2.34. The van der Waals surface area contributed by atoms with Crippen molar-refractivity contribution < 1.29 is 5.11 Å². The fraction of sp³-hybridized carbons (Fsp3) is 0.750. The zero-order valence-electron chi connectivity index (χ0n) is 6.43. The van der Waals surface area contributed by atoms with Gasteiger partial charge in [0.15, 0.2) is 0 Å². The van der Waals surface area contributed by atoms with Crippen molar-refractivity contribution in [3.05, 3.63) is 12.2 Å². The van der Waals surface area contributed by atoms with E-state index in [1.165, 1.54) is 0 Å². The summed E-state index contributed by atoms with van der Waals surface area (Å²) in [5.41, 5.74) is -0.519. The Morgan fingerprint density at radius 3 is 2.70 bits per heavy atom. The number of hydrogen-bond donors (Lipinski definition) is 2. The van der Waals surface area contributed by atoms with Crippen LogP contribution in [0.1, 0.15) is 19.8 Å². The standard InChI is InChI=1S/C8H15NO/c1-2-3-4-5-8(10)6-9-7-8/h4-5,9-10H,2-3,6-7H2,1H3/b5-4+. The molecule has 0 atom stereocenters. The molecule has 1 fully saturated rings. The summed E-state index contributed by atoms with van der Waals surface area (Å²) in [6.07, 6.45) is 6.19.